The molecule has 0 aliphatic carbocycles. The van der Waals surface area contributed by atoms with Gasteiger partial charge in [0.1, 0.15) is 0 Å². The number of carbonyl (C=O) groups excluding carboxylic acids is 1. The number of oxime groups is 1. The molecule has 0 bridgehead atoms. The maximum atomic E-state index is 13.0. The predicted octanol–water partition coefficient (Wildman–Crippen LogP) is 2.84. The third kappa shape index (κ3) is 2.96. The van der Waals surface area contributed by atoms with E-state index in [1.165, 1.54) is 0 Å². The molecule has 2 aromatic rings. The average Bonchev–Trinajstić information content (AvgIpc) is 2.58. The van der Waals surface area contributed by atoms with Crippen molar-refractivity contribution in [3.8, 4) is 0 Å². The van der Waals surface area contributed by atoms with E-state index in [-0.39, 0.29) is 18.4 Å². The van der Waals surface area contributed by atoms with Gasteiger partial charge in [-0.1, -0.05) is 35.0 Å². The molecule has 0 fully saturated rings. The van der Waals surface area contributed by atoms with Crippen molar-refractivity contribution in [1.82, 2.24) is 0 Å². The number of fused-ring (bicyclic) bond motifs is 4. The molecule has 0 saturated carbocycles. The minimum Gasteiger partial charge on any atom is -0.304 e. The molecule has 1 atom stereocenters. The molecule has 2 aliphatic rings. The fourth-order valence-corrected chi connectivity index (χ4v) is 3.83. The molecule has 2 heterocycles. The number of rotatable bonds is 2. The van der Waals surface area contributed by atoms with Crippen LogP contribution in [0.3, 0.4) is 0 Å². The van der Waals surface area contributed by atoms with Gasteiger partial charge in [-0.15, -0.1) is 0 Å². The zero-order chi connectivity index (χ0) is 18.5. The maximum absolute atomic E-state index is 13.0. The Kier molecular flexibility index (Phi) is 3.98. The lowest BCUT2D eigenvalue weighted by Gasteiger charge is -2.41. The second-order valence-corrected chi connectivity index (χ2v) is 7.54. The van der Waals surface area contributed by atoms with Crippen LogP contribution in [0.5, 0.6) is 0 Å². The molecule has 0 spiro atoms. The highest BCUT2D eigenvalue weighted by molar-refractivity contribution is 7.80. The first-order valence-corrected chi connectivity index (χ1v) is 9.52. The molecule has 1 N–H and O–H groups in total. The van der Waals surface area contributed by atoms with Gasteiger partial charge < -0.3 is 4.90 Å². The first-order valence-electron chi connectivity index (χ1n) is 7.78. The Morgan fingerprint density at radius 3 is 2.69 bits per heavy atom. The second-order valence-electron chi connectivity index (χ2n) is 6.10. The van der Waals surface area contributed by atoms with Gasteiger partial charge in [-0.05, 0) is 36.2 Å². The summed E-state index contributed by atoms with van der Waals surface area (Å²) in [5.41, 5.74) is 2.93. The summed E-state index contributed by atoms with van der Waals surface area (Å²) < 4.78 is 34.8. The second kappa shape index (κ2) is 6.08. The van der Waals surface area contributed by atoms with E-state index in [9.17, 15) is 13.2 Å². The summed E-state index contributed by atoms with van der Waals surface area (Å²) in [5, 5.41) is 4.03. The first-order chi connectivity index (χ1) is 12.3. The lowest BCUT2D eigenvalue weighted by Crippen LogP contribution is -2.50. The maximum Gasteiger partial charge on any atom is 0.466 e. The minimum atomic E-state index is -4.72. The molecule has 1 unspecified atom stereocenters. The Balaban J connectivity index is 1.85. The van der Waals surface area contributed by atoms with E-state index >= 15 is 0 Å². The summed E-state index contributed by atoms with van der Waals surface area (Å²) >= 11 is 6.11. The highest BCUT2D eigenvalue weighted by Gasteiger charge is 2.39. The van der Waals surface area contributed by atoms with Crippen LogP contribution in [-0.4, -0.2) is 30.6 Å². The number of anilines is 1. The Bertz CT molecular complexity index is 1050. The molecule has 2 aromatic carbocycles. The number of amides is 1. The summed E-state index contributed by atoms with van der Waals surface area (Å²) in [4.78, 5) is 14.7. The monoisotopic (exact) mass is 392 g/mol. The van der Waals surface area contributed by atoms with E-state index in [4.69, 9.17) is 16.2 Å². The molecule has 9 heteroatoms. The van der Waals surface area contributed by atoms with E-state index in [0.29, 0.717) is 34.0 Å². The number of carbonyl (C=O) groups is 1. The Hall–Kier alpha value is -2.42. The van der Waals surface area contributed by atoms with Crippen molar-refractivity contribution < 1.29 is 22.0 Å². The Morgan fingerprint density at radius 1 is 1.15 bits per heavy atom. The first kappa shape index (κ1) is 17.0. The van der Waals surface area contributed by atoms with Gasteiger partial charge in [0.05, 0.1) is 11.4 Å². The molecule has 1 amide bonds. The number of hydrogen-bond acceptors (Lipinski definition) is 5. The summed E-state index contributed by atoms with van der Waals surface area (Å²) in [5.74, 6) is -0.143. The van der Waals surface area contributed by atoms with Gasteiger partial charge in [-0.2, -0.15) is 8.42 Å². The average molecular weight is 393 g/mol. The highest BCUT2D eigenvalue weighted by atomic mass is 35.5. The molecule has 4 rings (SSSR count). The van der Waals surface area contributed by atoms with Crippen LogP contribution < -0.4 is 4.90 Å². The molecular formula is C17H13ClN2O5S. The molecule has 26 heavy (non-hydrogen) atoms. The summed E-state index contributed by atoms with van der Waals surface area (Å²) in [6.45, 7) is 0. The van der Waals surface area contributed by atoms with Crippen LogP contribution in [-0.2, 0) is 21.1 Å². The third-order valence-electron chi connectivity index (χ3n) is 4.49. The molecule has 134 valence electrons. The van der Waals surface area contributed by atoms with Gasteiger partial charge in [-0.3, -0.25) is 9.35 Å². The standard InChI is InChI=1S/C17H13ClN2O5S/c18-11-5-6-14-15(19-25-26(22,23)24)9-12-7-10-3-1-2-4-13(10)17(21)20(12)16(14)8-11/h1-6,8,12H,7,9H2,(H,22,23,24)/b19-15-. The molecular weight excluding hydrogens is 380 g/mol. The van der Waals surface area contributed by atoms with Crippen LogP contribution in [0, 0.1) is 0 Å². The van der Waals surface area contributed by atoms with Crippen LogP contribution in [0.4, 0.5) is 5.69 Å². The van der Waals surface area contributed by atoms with Crippen molar-refractivity contribution >= 4 is 39.3 Å². The molecule has 0 aromatic heterocycles. The van der Waals surface area contributed by atoms with Crippen molar-refractivity contribution in [3.63, 3.8) is 0 Å². The number of nitrogens with zero attached hydrogens (tertiary/aromatic N) is 2. The molecule has 0 radical (unpaired) electrons. The van der Waals surface area contributed by atoms with Crippen molar-refractivity contribution in [1.29, 1.82) is 0 Å². The van der Waals surface area contributed by atoms with Crippen molar-refractivity contribution in [3.05, 3.63) is 64.2 Å². The van der Waals surface area contributed by atoms with E-state index in [0.717, 1.165) is 5.56 Å². The molecule has 7 nitrogen and oxygen atoms in total. The molecule has 0 saturated heterocycles. The Labute approximate surface area is 154 Å². The smallest absolute Gasteiger partial charge is 0.304 e. The Morgan fingerprint density at radius 2 is 1.92 bits per heavy atom. The fraction of sp³-hybridized carbons (Fsp3) is 0.176. The largest absolute Gasteiger partial charge is 0.466 e. The van der Waals surface area contributed by atoms with Gasteiger partial charge in [0.25, 0.3) is 5.91 Å². The normalized spacial score (nSPS) is 20.4. The SMILES string of the molecule is O=C1c2ccccc2CC2C/C(=N/OS(=O)(=O)O)c3ccc(Cl)cc3N12. The zero-order valence-corrected chi connectivity index (χ0v) is 14.9. The topological polar surface area (TPSA) is 96.3 Å². The van der Waals surface area contributed by atoms with Gasteiger partial charge in [0.2, 0.25) is 0 Å². The molecule has 2 aliphatic heterocycles. The lowest BCUT2D eigenvalue weighted by atomic mass is 9.85. The van der Waals surface area contributed by atoms with Gasteiger partial charge in [-0.25, -0.2) is 4.28 Å². The highest BCUT2D eigenvalue weighted by Crippen LogP contribution is 2.38. The lowest BCUT2D eigenvalue weighted by molar-refractivity contribution is 0.0967. The minimum absolute atomic E-state index is 0.143. The fourth-order valence-electron chi connectivity index (χ4n) is 3.48. The summed E-state index contributed by atoms with van der Waals surface area (Å²) in [6.07, 6.45) is 0.864. The van der Waals surface area contributed by atoms with Gasteiger partial charge in [0, 0.05) is 28.6 Å². The summed E-state index contributed by atoms with van der Waals surface area (Å²) in [7, 11) is -4.72. The van der Waals surface area contributed by atoms with Crippen LogP contribution in [0.15, 0.2) is 47.6 Å². The van der Waals surface area contributed by atoms with Crippen LogP contribution in [0.2, 0.25) is 5.02 Å². The number of hydrogen-bond donors (Lipinski definition) is 1. The quantitative estimate of drug-likeness (QED) is 0.626. The van der Waals surface area contributed by atoms with Gasteiger partial charge >= 0.3 is 10.4 Å². The number of benzene rings is 2. The van der Waals surface area contributed by atoms with Gasteiger partial charge in [0.15, 0.2) is 0 Å². The zero-order valence-electron chi connectivity index (χ0n) is 13.3. The van der Waals surface area contributed by atoms with E-state index in [1.54, 1.807) is 29.2 Å². The van der Waals surface area contributed by atoms with Crippen molar-refractivity contribution in [2.75, 3.05) is 4.90 Å². The van der Waals surface area contributed by atoms with E-state index in [2.05, 4.69) is 9.44 Å². The van der Waals surface area contributed by atoms with Crippen LogP contribution in [0.1, 0.15) is 27.9 Å². The van der Waals surface area contributed by atoms with Crippen molar-refractivity contribution in [2.24, 2.45) is 5.16 Å². The van der Waals surface area contributed by atoms with Crippen molar-refractivity contribution in [2.45, 2.75) is 18.9 Å². The van der Waals surface area contributed by atoms with Crippen LogP contribution in [0.25, 0.3) is 0 Å². The van der Waals surface area contributed by atoms with E-state index < -0.39 is 10.4 Å². The summed E-state index contributed by atoms with van der Waals surface area (Å²) in [6, 6.07) is 12.0. The number of halogens is 1. The third-order valence-corrected chi connectivity index (χ3v) is 4.99. The van der Waals surface area contributed by atoms with Crippen LogP contribution >= 0.6 is 11.6 Å². The van der Waals surface area contributed by atoms with E-state index in [1.807, 2.05) is 18.2 Å². The predicted molar refractivity (Wildman–Crippen MR) is 96.0 cm³/mol.